The van der Waals surface area contributed by atoms with Crippen molar-refractivity contribution in [3.05, 3.63) is 18.2 Å². The summed E-state index contributed by atoms with van der Waals surface area (Å²) in [5.41, 5.74) is 1.08. The molecule has 0 radical (unpaired) electrons. The number of aryl methyl sites for hydroxylation is 1. The summed E-state index contributed by atoms with van der Waals surface area (Å²) in [6.07, 6.45) is 3.53. The summed E-state index contributed by atoms with van der Waals surface area (Å²) < 4.78 is 1.95. The van der Waals surface area contributed by atoms with E-state index in [1.54, 1.807) is 12.5 Å². The molecule has 14 heavy (non-hydrogen) atoms. The minimum atomic E-state index is -0.0573. The number of imidazole rings is 1. The van der Waals surface area contributed by atoms with Crippen LogP contribution in [0.2, 0.25) is 0 Å². The van der Waals surface area contributed by atoms with Crippen LogP contribution in [0.1, 0.15) is 12.6 Å². The summed E-state index contributed by atoms with van der Waals surface area (Å²) in [4.78, 5) is 14.5. The predicted molar refractivity (Wildman–Crippen MR) is 53.4 cm³/mol. The first-order valence-electron chi connectivity index (χ1n) is 4.37. The molecule has 0 atom stereocenters. The van der Waals surface area contributed by atoms with Crippen molar-refractivity contribution in [2.24, 2.45) is 0 Å². The number of hydrogen-bond acceptors (Lipinski definition) is 2. The maximum Gasteiger partial charge on any atom is 0.217 e. The number of amides is 1. The van der Waals surface area contributed by atoms with Gasteiger partial charge in [-0.1, -0.05) is 11.8 Å². The van der Waals surface area contributed by atoms with E-state index in [4.69, 9.17) is 0 Å². The van der Waals surface area contributed by atoms with Gasteiger partial charge in [0.25, 0.3) is 0 Å². The molecule has 0 saturated heterocycles. The van der Waals surface area contributed by atoms with Gasteiger partial charge >= 0.3 is 0 Å². The first kappa shape index (κ1) is 10.3. The fourth-order valence-electron chi connectivity index (χ4n) is 0.925. The molecule has 1 amide bonds. The summed E-state index contributed by atoms with van der Waals surface area (Å²) in [6, 6.07) is 0. The monoisotopic (exact) mass is 191 g/mol. The van der Waals surface area contributed by atoms with Gasteiger partial charge in [0.2, 0.25) is 5.91 Å². The summed E-state index contributed by atoms with van der Waals surface area (Å²) in [7, 11) is 0. The molecule has 0 aliphatic heterocycles. The molecule has 0 unspecified atom stereocenters. The average molecular weight is 191 g/mol. The zero-order chi connectivity index (χ0) is 10.4. The van der Waals surface area contributed by atoms with Gasteiger partial charge in [-0.15, -0.1) is 0 Å². The lowest BCUT2D eigenvalue weighted by atomic mass is 10.5. The molecule has 0 spiro atoms. The van der Waals surface area contributed by atoms with Crippen LogP contribution < -0.4 is 5.32 Å². The van der Waals surface area contributed by atoms with Crippen LogP contribution in [0.5, 0.6) is 0 Å². The number of nitrogens with zero attached hydrogens (tertiary/aromatic N) is 2. The third-order valence-electron chi connectivity index (χ3n) is 1.72. The lowest BCUT2D eigenvalue weighted by Crippen LogP contribution is -2.19. The molecule has 4 nitrogen and oxygen atoms in total. The van der Waals surface area contributed by atoms with Crippen molar-refractivity contribution in [3.8, 4) is 11.8 Å². The number of nitrogens with one attached hydrogen (secondary N) is 1. The molecular weight excluding hydrogens is 178 g/mol. The normalized spacial score (nSPS) is 9.00. The summed E-state index contributed by atoms with van der Waals surface area (Å²) >= 11 is 0. The second kappa shape index (κ2) is 5.07. The van der Waals surface area contributed by atoms with Gasteiger partial charge in [-0.2, -0.15) is 0 Å². The van der Waals surface area contributed by atoms with Crippen LogP contribution in [-0.4, -0.2) is 22.0 Å². The molecule has 1 rings (SSSR count). The Morgan fingerprint density at radius 2 is 2.43 bits per heavy atom. The quantitative estimate of drug-likeness (QED) is 0.685. The molecule has 74 valence electrons. The van der Waals surface area contributed by atoms with Crippen LogP contribution in [0, 0.1) is 18.8 Å². The average Bonchev–Trinajstić information content (AvgIpc) is 2.51. The maximum absolute atomic E-state index is 10.5. The third-order valence-corrected chi connectivity index (χ3v) is 1.72. The molecule has 1 aromatic heterocycles. The molecule has 1 aromatic rings. The number of rotatable bonds is 2. The van der Waals surface area contributed by atoms with E-state index in [0.29, 0.717) is 13.1 Å². The second-order valence-electron chi connectivity index (χ2n) is 2.93. The lowest BCUT2D eigenvalue weighted by Gasteiger charge is -1.96. The molecule has 0 saturated carbocycles. The van der Waals surface area contributed by atoms with Crippen LogP contribution in [0.15, 0.2) is 12.5 Å². The van der Waals surface area contributed by atoms with Crippen molar-refractivity contribution in [2.75, 3.05) is 6.54 Å². The largest absolute Gasteiger partial charge is 0.345 e. The second-order valence-corrected chi connectivity index (χ2v) is 2.93. The summed E-state index contributed by atoms with van der Waals surface area (Å²) in [5.74, 6) is 5.74. The van der Waals surface area contributed by atoms with E-state index in [-0.39, 0.29) is 5.91 Å². The highest BCUT2D eigenvalue weighted by Crippen LogP contribution is 1.94. The molecule has 0 bridgehead atoms. The Hall–Kier alpha value is -1.76. The highest BCUT2D eigenvalue weighted by Gasteiger charge is 1.91. The highest BCUT2D eigenvalue weighted by molar-refractivity contribution is 5.73. The SMILES string of the molecule is CC(=O)NCC#CCn1cncc1C. The predicted octanol–water partition coefficient (Wildman–Crippen LogP) is 0.331. The minimum Gasteiger partial charge on any atom is -0.345 e. The Morgan fingerprint density at radius 3 is 3.00 bits per heavy atom. The minimum absolute atomic E-state index is 0.0573. The van der Waals surface area contributed by atoms with Gasteiger partial charge in [0.05, 0.1) is 19.4 Å². The van der Waals surface area contributed by atoms with E-state index in [2.05, 4.69) is 22.1 Å². The van der Waals surface area contributed by atoms with E-state index in [9.17, 15) is 4.79 Å². The Labute approximate surface area is 83.3 Å². The van der Waals surface area contributed by atoms with Gasteiger partial charge in [0, 0.05) is 18.8 Å². The van der Waals surface area contributed by atoms with Gasteiger partial charge in [-0.25, -0.2) is 4.98 Å². The molecule has 0 aliphatic rings. The topological polar surface area (TPSA) is 46.9 Å². The van der Waals surface area contributed by atoms with Gasteiger partial charge in [-0.05, 0) is 6.92 Å². The fourth-order valence-corrected chi connectivity index (χ4v) is 0.925. The Morgan fingerprint density at radius 1 is 1.64 bits per heavy atom. The maximum atomic E-state index is 10.5. The molecular formula is C10H13N3O. The van der Waals surface area contributed by atoms with Crippen molar-refractivity contribution in [1.82, 2.24) is 14.9 Å². The van der Waals surface area contributed by atoms with Crippen molar-refractivity contribution >= 4 is 5.91 Å². The number of hydrogen-bond donors (Lipinski definition) is 1. The van der Waals surface area contributed by atoms with Gasteiger partial charge in [0.1, 0.15) is 0 Å². The van der Waals surface area contributed by atoms with Crippen molar-refractivity contribution in [1.29, 1.82) is 0 Å². The Balaban J connectivity index is 2.33. The smallest absolute Gasteiger partial charge is 0.217 e. The first-order valence-corrected chi connectivity index (χ1v) is 4.37. The number of aromatic nitrogens is 2. The van der Waals surface area contributed by atoms with Gasteiger partial charge in [-0.3, -0.25) is 4.79 Å². The van der Waals surface area contributed by atoms with Crippen LogP contribution in [0.25, 0.3) is 0 Å². The standard InChI is InChI=1S/C10H13N3O/c1-9-7-11-8-13(9)6-4-3-5-12-10(2)14/h7-8H,5-6H2,1-2H3,(H,12,14). The van der Waals surface area contributed by atoms with E-state index in [0.717, 1.165) is 5.69 Å². The Bertz CT molecular complexity index is 370. The van der Waals surface area contributed by atoms with Crippen molar-refractivity contribution in [2.45, 2.75) is 20.4 Å². The number of carbonyl (C=O) groups is 1. The van der Waals surface area contributed by atoms with Gasteiger partial charge < -0.3 is 9.88 Å². The van der Waals surface area contributed by atoms with E-state index in [1.807, 2.05) is 11.5 Å². The van der Waals surface area contributed by atoms with Crippen LogP contribution in [0.3, 0.4) is 0 Å². The highest BCUT2D eigenvalue weighted by atomic mass is 16.1. The third kappa shape index (κ3) is 3.31. The van der Waals surface area contributed by atoms with Crippen LogP contribution in [0.4, 0.5) is 0 Å². The molecule has 1 heterocycles. The zero-order valence-electron chi connectivity index (χ0n) is 8.37. The van der Waals surface area contributed by atoms with Crippen molar-refractivity contribution < 1.29 is 4.79 Å². The fraction of sp³-hybridized carbons (Fsp3) is 0.400. The Kier molecular flexibility index (Phi) is 3.74. The van der Waals surface area contributed by atoms with Crippen molar-refractivity contribution in [3.63, 3.8) is 0 Å². The summed E-state index contributed by atoms with van der Waals surface area (Å²) in [6.45, 7) is 4.47. The first-order chi connectivity index (χ1) is 6.70. The van der Waals surface area contributed by atoms with Gasteiger partial charge in [0.15, 0.2) is 0 Å². The molecule has 0 fully saturated rings. The summed E-state index contributed by atoms with van der Waals surface area (Å²) in [5, 5.41) is 2.60. The zero-order valence-corrected chi connectivity index (χ0v) is 8.37. The molecule has 1 N–H and O–H groups in total. The van der Waals surface area contributed by atoms with E-state index >= 15 is 0 Å². The molecule has 4 heteroatoms. The van der Waals surface area contributed by atoms with E-state index in [1.165, 1.54) is 6.92 Å². The molecule has 0 aromatic carbocycles. The van der Waals surface area contributed by atoms with Crippen LogP contribution in [-0.2, 0) is 11.3 Å². The number of carbonyl (C=O) groups excluding carboxylic acids is 1. The van der Waals surface area contributed by atoms with E-state index < -0.39 is 0 Å². The lowest BCUT2D eigenvalue weighted by molar-refractivity contribution is -0.118. The molecule has 0 aliphatic carbocycles. The van der Waals surface area contributed by atoms with Crippen LogP contribution >= 0.6 is 0 Å².